The van der Waals surface area contributed by atoms with E-state index in [0.29, 0.717) is 24.2 Å². The van der Waals surface area contributed by atoms with Crippen molar-refractivity contribution in [1.82, 2.24) is 14.2 Å². The lowest BCUT2D eigenvalue weighted by Crippen LogP contribution is -2.45. The second kappa shape index (κ2) is 7.78. The van der Waals surface area contributed by atoms with Crippen LogP contribution in [0.25, 0.3) is 0 Å². The fourth-order valence-corrected chi connectivity index (χ4v) is 4.96. The third kappa shape index (κ3) is 3.08. The summed E-state index contributed by atoms with van der Waals surface area (Å²) < 4.78 is 1.60. The molecule has 0 unspecified atom stereocenters. The van der Waals surface area contributed by atoms with Crippen LogP contribution in [-0.4, -0.2) is 50.9 Å². The molecule has 3 aromatic rings. The van der Waals surface area contributed by atoms with Crippen molar-refractivity contribution in [3.8, 4) is 0 Å². The van der Waals surface area contributed by atoms with Crippen molar-refractivity contribution in [3.63, 3.8) is 0 Å². The van der Waals surface area contributed by atoms with Crippen LogP contribution in [-0.2, 0) is 0 Å². The highest BCUT2D eigenvalue weighted by atomic mass is 32.1. The highest BCUT2D eigenvalue weighted by Crippen LogP contribution is 2.31. The summed E-state index contributed by atoms with van der Waals surface area (Å²) in [6.45, 7) is 5.08. The molecule has 0 saturated heterocycles. The van der Waals surface area contributed by atoms with Gasteiger partial charge in [0.1, 0.15) is 5.00 Å². The van der Waals surface area contributed by atoms with E-state index in [9.17, 15) is 19.2 Å². The van der Waals surface area contributed by atoms with Crippen LogP contribution in [0.15, 0.2) is 54.7 Å². The van der Waals surface area contributed by atoms with Gasteiger partial charge in [0.05, 0.1) is 28.5 Å². The minimum Gasteiger partial charge on any atom is -0.288 e. The van der Waals surface area contributed by atoms with Gasteiger partial charge in [-0.3, -0.25) is 24.2 Å². The fourth-order valence-electron chi connectivity index (χ4n) is 3.92. The number of amides is 4. The minimum absolute atomic E-state index is 0.253. The number of imide groups is 2. The van der Waals surface area contributed by atoms with Gasteiger partial charge >= 0.3 is 0 Å². The molecule has 0 spiro atoms. The summed E-state index contributed by atoms with van der Waals surface area (Å²) in [5, 5.41) is 6.11. The molecule has 4 amide bonds. The van der Waals surface area contributed by atoms with Crippen LogP contribution >= 0.6 is 11.5 Å². The summed E-state index contributed by atoms with van der Waals surface area (Å²) in [5.41, 5.74) is 1.19. The van der Waals surface area contributed by atoms with Gasteiger partial charge in [-0.05, 0) is 38.1 Å². The summed E-state index contributed by atoms with van der Waals surface area (Å²) in [4.78, 5) is 54.6. The van der Waals surface area contributed by atoms with E-state index in [4.69, 9.17) is 0 Å². The molecule has 0 atom stereocenters. The van der Waals surface area contributed by atoms with Crippen molar-refractivity contribution in [2.75, 3.05) is 28.0 Å². The van der Waals surface area contributed by atoms with Gasteiger partial charge in [0.15, 0.2) is 0 Å². The van der Waals surface area contributed by atoms with Crippen molar-refractivity contribution in [1.29, 1.82) is 0 Å². The SMILES string of the molecule is CCN(CC)n1[nH]n(N2C(=O)c3ccccc3C2=O)cc(N2C(=O)c3ccccc3C2=O)s1. The number of H-pyrrole nitrogens is 1. The predicted molar refractivity (Wildman–Crippen MR) is 122 cm³/mol. The van der Waals surface area contributed by atoms with E-state index in [0.717, 1.165) is 21.4 Å². The quantitative estimate of drug-likeness (QED) is 0.585. The Balaban J connectivity index is 1.66. The van der Waals surface area contributed by atoms with Gasteiger partial charge in [0.25, 0.3) is 23.6 Å². The lowest BCUT2D eigenvalue weighted by atomic mass is 10.1. The number of fused-ring (bicyclic) bond motifs is 2. The topological polar surface area (TPSA) is 104 Å². The Kier molecular flexibility index (Phi) is 4.90. The Morgan fingerprint density at radius 1 is 0.758 bits per heavy atom. The Labute approximate surface area is 192 Å². The number of hydrogen-bond donors (Lipinski definition) is 1. The van der Waals surface area contributed by atoms with Crippen LogP contribution in [0.1, 0.15) is 55.3 Å². The largest absolute Gasteiger partial charge is 0.288 e. The molecule has 2 aliphatic heterocycles. The van der Waals surface area contributed by atoms with E-state index in [2.05, 4.69) is 5.21 Å². The van der Waals surface area contributed by atoms with Crippen molar-refractivity contribution in [2.45, 2.75) is 13.8 Å². The summed E-state index contributed by atoms with van der Waals surface area (Å²) in [6.07, 6.45) is 1.41. The van der Waals surface area contributed by atoms with Crippen molar-refractivity contribution in [2.24, 2.45) is 0 Å². The van der Waals surface area contributed by atoms with E-state index in [-0.39, 0.29) is 16.1 Å². The number of nitrogens with zero attached hydrogens (tertiary/aromatic N) is 5. The molecule has 11 heteroatoms. The van der Waals surface area contributed by atoms with Gasteiger partial charge in [0, 0.05) is 24.6 Å². The van der Waals surface area contributed by atoms with Gasteiger partial charge in [-0.2, -0.15) is 15.0 Å². The zero-order valence-electron chi connectivity index (χ0n) is 17.9. The molecule has 0 saturated carbocycles. The molecular weight excluding hydrogens is 444 g/mol. The molecule has 10 nitrogen and oxygen atoms in total. The Hall–Kier alpha value is -4.12. The van der Waals surface area contributed by atoms with Crippen LogP contribution in [0, 0.1) is 0 Å². The lowest BCUT2D eigenvalue weighted by molar-refractivity contribution is 0.0873. The Morgan fingerprint density at radius 2 is 1.21 bits per heavy atom. The maximum absolute atomic E-state index is 13.1. The van der Waals surface area contributed by atoms with Crippen LogP contribution in [0.4, 0.5) is 5.00 Å². The summed E-state index contributed by atoms with van der Waals surface area (Å²) in [5.74, 6) is -1.93. The van der Waals surface area contributed by atoms with Crippen molar-refractivity contribution in [3.05, 3.63) is 77.0 Å². The summed E-state index contributed by atoms with van der Waals surface area (Å²) >= 11 is 1.12. The number of carbonyl (C=O) groups excluding carboxylic acids is 4. The molecule has 0 radical (unpaired) electrons. The number of benzene rings is 2. The maximum Gasteiger partial charge on any atom is 0.282 e. The van der Waals surface area contributed by atoms with E-state index in [1.165, 1.54) is 11.0 Å². The molecule has 5 rings (SSSR count). The predicted octanol–water partition coefficient (Wildman–Crippen LogP) is 2.51. The average molecular weight is 465 g/mol. The third-order valence-corrected chi connectivity index (χ3v) is 6.55. The lowest BCUT2D eigenvalue weighted by Gasteiger charge is -2.28. The van der Waals surface area contributed by atoms with Gasteiger partial charge in [-0.25, -0.2) is 4.90 Å². The van der Waals surface area contributed by atoms with Crippen LogP contribution in [0.5, 0.6) is 0 Å². The minimum atomic E-state index is -0.507. The zero-order valence-corrected chi connectivity index (χ0v) is 18.7. The molecule has 2 aromatic carbocycles. The van der Waals surface area contributed by atoms with Crippen LogP contribution in [0.2, 0.25) is 0 Å². The zero-order chi connectivity index (χ0) is 23.3. The molecule has 1 aromatic heterocycles. The van der Waals surface area contributed by atoms with Gasteiger partial charge in [-0.1, -0.05) is 24.3 Å². The Bertz CT molecular complexity index is 1190. The van der Waals surface area contributed by atoms with Gasteiger partial charge in [-0.15, -0.1) is 4.18 Å². The molecule has 2 aliphatic rings. The first-order valence-corrected chi connectivity index (χ1v) is 11.2. The molecule has 168 valence electrons. The number of aromatic amines is 1. The monoisotopic (exact) mass is 464 g/mol. The number of rotatable bonds is 5. The summed E-state index contributed by atoms with van der Waals surface area (Å²) in [6, 6.07) is 13.2. The molecular formula is C22H20N6O4S. The van der Waals surface area contributed by atoms with E-state index in [1.807, 2.05) is 18.9 Å². The highest BCUT2D eigenvalue weighted by Gasteiger charge is 2.40. The van der Waals surface area contributed by atoms with E-state index >= 15 is 0 Å². The van der Waals surface area contributed by atoms with Crippen LogP contribution in [0.3, 0.4) is 0 Å². The molecule has 3 heterocycles. The van der Waals surface area contributed by atoms with Crippen molar-refractivity contribution >= 4 is 40.2 Å². The number of aromatic nitrogens is 3. The Morgan fingerprint density at radius 3 is 1.67 bits per heavy atom. The number of anilines is 1. The average Bonchev–Trinajstić information content (AvgIpc) is 3.24. The molecule has 0 aliphatic carbocycles. The molecule has 0 fully saturated rings. The molecule has 33 heavy (non-hydrogen) atoms. The van der Waals surface area contributed by atoms with Crippen molar-refractivity contribution < 1.29 is 19.2 Å². The summed E-state index contributed by atoms with van der Waals surface area (Å²) in [7, 11) is 0. The first kappa shape index (κ1) is 20.8. The van der Waals surface area contributed by atoms with Gasteiger partial charge < -0.3 is 0 Å². The first-order valence-electron chi connectivity index (χ1n) is 10.4. The molecule has 0 bridgehead atoms. The second-order valence-corrected chi connectivity index (χ2v) is 8.32. The smallest absolute Gasteiger partial charge is 0.282 e. The standard InChI is InChI=1S/C22H20N6O4S/c1-3-24(4-2)28-23-25(27-21(31)16-11-7-8-12-17(16)22(27)32)13-18(33-28)26-19(29)14-9-5-6-10-15(14)20(26)30/h5-13,23H,3-4H2,1-2H3. The van der Waals surface area contributed by atoms with Gasteiger partial charge in [0.2, 0.25) is 0 Å². The van der Waals surface area contributed by atoms with Crippen LogP contribution < -0.4 is 14.9 Å². The normalized spacial score (nSPS) is 14.7. The highest BCUT2D eigenvalue weighted by molar-refractivity contribution is 7.11. The first-order chi connectivity index (χ1) is 16.0. The number of carbonyl (C=O) groups is 4. The van der Waals surface area contributed by atoms with E-state index in [1.54, 1.807) is 52.7 Å². The maximum atomic E-state index is 13.1. The number of hydrogen-bond acceptors (Lipinski definition) is 6. The van der Waals surface area contributed by atoms with E-state index < -0.39 is 23.6 Å². The third-order valence-electron chi connectivity index (χ3n) is 5.59. The molecule has 1 N–H and O–H groups in total. The number of nitrogens with one attached hydrogen (secondary N) is 1. The second-order valence-electron chi connectivity index (χ2n) is 7.37. The fraction of sp³-hybridized carbons (Fsp3) is 0.182.